The van der Waals surface area contributed by atoms with Crippen molar-refractivity contribution in [3.8, 4) is 0 Å². The van der Waals surface area contributed by atoms with E-state index in [2.05, 4.69) is 10.6 Å². The Labute approximate surface area is 99.8 Å². The summed E-state index contributed by atoms with van der Waals surface area (Å²) >= 11 is 0. The minimum absolute atomic E-state index is 0.00822. The lowest BCUT2D eigenvalue weighted by molar-refractivity contribution is -0.120. The first-order valence-corrected chi connectivity index (χ1v) is 5.55. The summed E-state index contributed by atoms with van der Waals surface area (Å²) < 4.78 is 0. The number of hydrogen-bond donors (Lipinski definition) is 2. The Balaban J connectivity index is 2.24. The molecule has 1 saturated heterocycles. The lowest BCUT2D eigenvalue weighted by Gasteiger charge is -2.30. The van der Waals surface area contributed by atoms with Crippen molar-refractivity contribution in [3.05, 3.63) is 24.3 Å². The largest absolute Gasteiger partial charge is 0.359 e. The molecule has 0 unspecified atom stereocenters. The normalized spacial score (nSPS) is 15.4. The van der Waals surface area contributed by atoms with E-state index in [1.165, 1.54) is 6.92 Å². The quantitative estimate of drug-likeness (QED) is 0.785. The fourth-order valence-corrected chi connectivity index (χ4v) is 1.89. The molecule has 1 fully saturated rings. The van der Waals surface area contributed by atoms with E-state index in [4.69, 9.17) is 0 Å². The number of rotatable bonds is 2. The molecule has 0 bridgehead atoms. The molecule has 2 rings (SSSR count). The molecule has 1 aromatic carbocycles. The van der Waals surface area contributed by atoms with E-state index in [1.807, 2.05) is 29.2 Å². The molecule has 5 nitrogen and oxygen atoms in total. The Morgan fingerprint density at radius 3 is 2.88 bits per heavy atom. The molecule has 1 aliphatic rings. The summed E-state index contributed by atoms with van der Waals surface area (Å²) in [6.45, 7) is 3.19. The van der Waals surface area contributed by atoms with E-state index in [-0.39, 0.29) is 11.8 Å². The van der Waals surface area contributed by atoms with Crippen molar-refractivity contribution in [2.24, 2.45) is 0 Å². The summed E-state index contributed by atoms with van der Waals surface area (Å²) in [6, 6.07) is 7.50. The van der Waals surface area contributed by atoms with Crippen LogP contribution in [0.4, 0.5) is 11.4 Å². The predicted molar refractivity (Wildman–Crippen MR) is 66.0 cm³/mol. The van der Waals surface area contributed by atoms with Gasteiger partial charge in [0.05, 0.1) is 17.9 Å². The minimum Gasteiger partial charge on any atom is -0.359 e. The van der Waals surface area contributed by atoms with Crippen LogP contribution in [0.2, 0.25) is 0 Å². The van der Waals surface area contributed by atoms with Crippen LogP contribution in [0, 0.1) is 0 Å². The monoisotopic (exact) mass is 233 g/mol. The first-order valence-electron chi connectivity index (χ1n) is 5.55. The molecule has 17 heavy (non-hydrogen) atoms. The van der Waals surface area contributed by atoms with Crippen LogP contribution in [-0.4, -0.2) is 31.4 Å². The molecule has 5 heteroatoms. The van der Waals surface area contributed by atoms with Crippen LogP contribution in [0.3, 0.4) is 0 Å². The molecule has 0 saturated carbocycles. The second-order valence-corrected chi connectivity index (χ2v) is 3.97. The van der Waals surface area contributed by atoms with Gasteiger partial charge in [0.1, 0.15) is 0 Å². The van der Waals surface area contributed by atoms with Gasteiger partial charge in [0.25, 0.3) is 0 Å². The van der Waals surface area contributed by atoms with Gasteiger partial charge in [-0.1, -0.05) is 12.1 Å². The van der Waals surface area contributed by atoms with Gasteiger partial charge in [0.2, 0.25) is 11.8 Å². The average Bonchev–Trinajstić information content (AvgIpc) is 2.29. The summed E-state index contributed by atoms with van der Waals surface area (Å²) in [4.78, 5) is 24.4. The van der Waals surface area contributed by atoms with Gasteiger partial charge < -0.3 is 15.5 Å². The number of para-hydroxylation sites is 2. The number of carbonyl (C=O) groups is 2. The molecule has 0 radical (unpaired) electrons. The molecular weight excluding hydrogens is 218 g/mol. The van der Waals surface area contributed by atoms with E-state index >= 15 is 0 Å². The Morgan fingerprint density at radius 2 is 2.18 bits per heavy atom. The number of anilines is 2. The molecule has 0 spiro atoms. The molecule has 0 atom stereocenters. The summed E-state index contributed by atoms with van der Waals surface area (Å²) in [5.41, 5.74) is 1.63. The second-order valence-electron chi connectivity index (χ2n) is 3.97. The highest BCUT2D eigenvalue weighted by molar-refractivity contribution is 5.94. The zero-order chi connectivity index (χ0) is 12.3. The van der Waals surface area contributed by atoms with E-state index in [0.717, 1.165) is 17.9 Å². The Morgan fingerprint density at radius 1 is 1.41 bits per heavy atom. The average molecular weight is 233 g/mol. The van der Waals surface area contributed by atoms with Crippen LogP contribution in [0.1, 0.15) is 6.92 Å². The van der Waals surface area contributed by atoms with Crippen LogP contribution in [-0.2, 0) is 9.59 Å². The lowest BCUT2D eigenvalue weighted by Crippen LogP contribution is -2.47. The van der Waals surface area contributed by atoms with Crippen LogP contribution in [0.15, 0.2) is 24.3 Å². The number of amides is 2. The second kappa shape index (κ2) is 4.86. The maximum Gasteiger partial charge on any atom is 0.239 e. The topological polar surface area (TPSA) is 61.4 Å². The summed E-state index contributed by atoms with van der Waals surface area (Å²) in [5, 5.41) is 5.55. The van der Waals surface area contributed by atoms with E-state index in [9.17, 15) is 9.59 Å². The van der Waals surface area contributed by atoms with E-state index in [1.54, 1.807) is 0 Å². The Kier molecular flexibility index (Phi) is 3.27. The summed E-state index contributed by atoms with van der Waals surface area (Å²) in [6.07, 6.45) is 0. The van der Waals surface area contributed by atoms with E-state index < -0.39 is 0 Å². The molecule has 0 aliphatic carbocycles. The van der Waals surface area contributed by atoms with Crippen LogP contribution in [0.5, 0.6) is 0 Å². The van der Waals surface area contributed by atoms with Crippen molar-refractivity contribution in [2.45, 2.75) is 6.92 Å². The predicted octanol–water partition coefficient (Wildman–Crippen LogP) is 0.581. The SMILES string of the molecule is CC(=O)Nc1ccccc1N1CCNC(=O)C1. The van der Waals surface area contributed by atoms with Gasteiger partial charge in [-0.05, 0) is 12.1 Å². The standard InChI is InChI=1S/C12H15N3O2/c1-9(16)14-10-4-2-3-5-11(10)15-7-6-13-12(17)8-15/h2-5H,6-8H2,1H3,(H,13,17)(H,14,16). The van der Waals surface area contributed by atoms with Gasteiger partial charge in [-0.3, -0.25) is 9.59 Å². The Bertz CT molecular complexity index is 445. The van der Waals surface area contributed by atoms with Gasteiger partial charge in [-0.15, -0.1) is 0 Å². The maximum absolute atomic E-state index is 11.3. The fraction of sp³-hybridized carbons (Fsp3) is 0.333. The van der Waals surface area contributed by atoms with Gasteiger partial charge in [-0.25, -0.2) is 0 Å². The number of nitrogens with one attached hydrogen (secondary N) is 2. The number of benzene rings is 1. The highest BCUT2D eigenvalue weighted by Gasteiger charge is 2.18. The smallest absolute Gasteiger partial charge is 0.239 e. The number of piperazine rings is 1. The molecule has 1 aromatic rings. The number of hydrogen-bond acceptors (Lipinski definition) is 3. The highest BCUT2D eigenvalue weighted by Crippen LogP contribution is 2.25. The van der Waals surface area contributed by atoms with Crippen LogP contribution in [0.25, 0.3) is 0 Å². The van der Waals surface area contributed by atoms with Crippen molar-refractivity contribution < 1.29 is 9.59 Å². The van der Waals surface area contributed by atoms with Gasteiger partial charge in [-0.2, -0.15) is 0 Å². The van der Waals surface area contributed by atoms with Crippen molar-refractivity contribution >= 4 is 23.2 Å². The first kappa shape index (κ1) is 11.4. The molecule has 90 valence electrons. The van der Waals surface area contributed by atoms with Crippen molar-refractivity contribution in [1.29, 1.82) is 0 Å². The van der Waals surface area contributed by atoms with Gasteiger partial charge in [0, 0.05) is 20.0 Å². The van der Waals surface area contributed by atoms with Crippen molar-refractivity contribution in [3.63, 3.8) is 0 Å². The maximum atomic E-state index is 11.3. The molecular formula is C12H15N3O2. The zero-order valence-electron chi connectivity index (χ0n) is 9.69. The fourth-order valence-electron chi connectivity index (χ4n) is 1.89. The Hall–Kier alpha value is -2.04. The zero-order valence-corrected chi connectivity index (χ0v) is 9.69. The summed E-state index contributed by atoms with van der Waals surface area (Å²) in [5.74, 6) is -0.104. The third-order valence-corrected chi connectivity index (χ3v) is 2.59. The number of nitrogens with zero attached hydrogens (tertiary/aromatic N) is 1. The molecule has 2 amide bonds. The first-order chi connectivity index (χ1) is 8.16. The van der Waals surface area contributed by atoms with Crippen molar-refractivity contribution in [1.82, 2.24) is 5.32 Å². The summed E-state index contributed by atoms with van der Waals surface area (Å²) in [7, 11) is 0. The lowest BCUT2D eigenvalue weighted by atomic mass is 10.2. The molecule has 1 aliphatic heterocycles. The van der Waals surface area contributed by atoms with Gasteiger partial charge in [0.15, 0.2) is 0 Å². The van der Waals surface area contributed by atoms with Gasteiger partial charge >= 0.3 is 0 Å². The third kappa shape index (κ3) is 2.75. The molecule has 2 N–H and O–H groups in total. The number of carbonyl (C=O) groups excluding carboxylic acids is 2. The highest BCUT2D eigenvalue weighted by atomic mass is 16.2. The molecule has 1 heterocycles. The molecule has 0 aromatic heterocycles. The van der Waals surface area contributed by atoms with Crippen LogP contribution < -0.4 is 15.5 Å². The minimum atomic E-state index is -0.112. The van der Waals surface area contributed by atoms with Crippen LogP contribution >= 0.6 is 0 Å². The third-order valence-electron chi connectivity index (χ3n) is 2.59. The van der Waals surface area contributed by atoms with Crippen molar-refractivity contribution in [2.75, 3.05) is 29.9 Å². The van der Waals surface area contributed by atoms with E-state index in [0.29, 0.717) is 13.1 Å².